The van der Waals surface area contributed by atoms with Gasteiger partial charge in [-0.2, -0.15) is 4.31 Å². The van der Waals surface area contributed by atoms with Crippen LogP contribution >= 0.6 is 12.4 Å². The largest absolute Gasteiger partial charge is 0.399 e. The summed E-state index contributed by atoms with van der Waals surface area (Å²) in [5, 5.41) is 0. The molecule has 9 heteroatoms. The quantitative estimate of drug-likeness (QED) is 0.338. The molecule has 214 valence electrons. The van der Waals surface area contributed by atoms with Crippen molar-refractivity contribution in [3.05, 3.63) is 108 Å². The first-order valence-corrected chi connectivity index (χ1v) is 14.8. The second-order valence-corrected chi connectivity index (χ2v) is 12.2. The fourth-order valence-corrected chi connectivity index (χ4v) is 6.34. The van der Waals surface area contributed by atoms with Gasteiger partial charge in [0.05, 0.1) is 4.90 Å². The molecule has 0 bridgehead atoms. The molecule has 1 heterocycles. The molecule has 0 radical (unpaired) electrons. The van der Waals surface area contributed by atoms with Gasteiger partial charge in [0.2, 0.25) is 10.0 Å². The third kappa shape index (κ3) is 8.41. The summed E-state index contributed by atoms with van der Waals surface area (Å²) in [4.78, 5) is 17.9. The molecule has 1 saturated heterocycles. The Bertz CT molecular complexity index is 1360. The molecule has 1 aliphatic heterocycles. The van der Waals surface area contributed by atoms with Crippen molar-refractivity contribution >= 4 is 34.0 Å². The molecule has 3 aromatic carbocycles. The van der Waals surface area contributed by atoms with E-state index in [1.807, 2.05) is 37.3 Å². The monoisotopic (exact) mass is 582 g/mol. The van der Waals surface area contributed by atoms with Gasteiger partial charge in [0.1, 0.15) is 0 Å². The van der Waals surface area contributed by atoms with Crippen LogP contribution in [0.4, 0.5) is 5.69 Å². The van der Waals surface area contributed by atoms with Crippen LogP contribution in [0.1, 0.15) is 34.3 Å². The van der Waals surface area contributed by atoms with Crippen molar-refractivity contribution in [1.29, 1.82) is 0 Å². The molecular formula is C31H39ClN4O3S. The van der Waals surface area contributed by atoms with Crippen molar-refractivity contribution in [3.63, 3.8) is 0 Å². The Morgan fingerprint density at radius 3 is 2.12 bits per heavy atom. The molecule has 1 aliphatic rings. The molecule has 0 spiro atoms. The highest BCUT2D eigenvalue weighted by Gasteiger charge is 2.27. The molecule has 40 heavy (non-hydrogen) atoms. The first kappa shape index (κ1) is 31.4. The minimum absolute atomic E-state index is 0. The lowest BCUT2D eigenvalue weighted by molar-refractivity contribution is 0.0758. The predicted molar refractivity (Wildman–Crippen MR) is 164 cm³/mol. The lowest BCUT2D eigenvalue weighted by Crippen LogP contribution is -2.41. The summed E-state index contributed by atoms with van der Waals surface area (Å²) in [6, 6.07) is 24.1. The number of nitrogen functional groups attached to an aromatic ring is 1. The van der Waals surface area contributed by atoms with Crippen molar-refractivity contribution < 1.29 is 13.2 Å². The van der Waals surface area contributed by atoms with Crippen LogP contribution < -0.4 is 5.73 Å². The van der Waals surface area contributed by atoms with Gasteiger partial charge in [-0.3, -0.25) is 9.69 Å². The van der Waals surface area contributed by atoms with E-state index in [1.165, 1.54) is 9.87 Å². The van der Waals surface area contributed by atoms with E-state index in [0.717, 1.165) is 31.6 Å². The Kier molecular flexibility index (Phi) is 11.3. The number of hydrogen-bond acceptors (Lipinski definition) is 5. The first-order chi connectivity index (χ1) is 18.7. The van der Waals surface area contributed by atoms with Crippen LogP contribution in [0.2, 0.25) is 0 Å². The number of halogens is 1. The van der Waals surface area contributed by atoms with Gasteiger partial charge in [-0.05, 0) is 73.8 Å². The molecule has 0 aliphatic carbocycles. The van der Waals surface area contributed by atoms with E-state index in [1.54, 1.807) is 41.3 Å². The van der Waals surface area contributed by atoms with Gasteiger partial charge >= 0.3 is 0 Å². The summed E-state index contributed by atoms with van der Waals surface area (Å²) >= 11 is 0. The highest BCUT2D eigenvalue weighted by molar-refractivity contribution is 7.89. The van der Waals surface area contributed by atoms with Gasteiger partial charge in [-0.15, -0.1) is 12.4 Å². The van der Waals surface area contributed by atoms with Gasteiger partial charge in [-0.1, -0.05) is 54.6 Å². The summed E-state index contributed by atoms with van der Waals surface area (Å²) in [5.41, 5.74) is 9.86. The number of anilines is 1. The summed E-state index contributed by atoms with van der Waals surface area (Å²) in [5.74, 6) is -0.115. The van der Waals surface area contributed by atoms with Gasteiger partial charge in [0.15, 0.2) is 0 Å². The Hall–Kier alpha value is -3.17. The zero-order valence-electron chi connectivity index (χ0n) is 23.0. The number of sulfonamides is 1. The maximum atomic E-state index is 13.7. The third-order valence-corrected chi connectivity index (χ3v) is 8.81. The van der Waals surface area contributed by atoms with Crippen LogP contribution in [0.25, 0.3) is 0 Å². The number of benzene rings is 3. The first-order valence-electron chi connectivity index (χ1n) is 13.4. The molecule has 3 aromatic rings. The van der Waals surface area contributed by atoms with E-state index in [2.05, 4.69) is 23.6 Å². The van der Waals surface area contributed by atoms with E-state index in [0.29, 0.717) is 36.3 Å². The summed E-state index contributed by atoms with van der Waals surface area (Å²) in [6.45, 7) is 9.77. The van der Waals surface area contributed by atoms with Gasteiger partial charge in [-0.25, -0.2) is 8.42 Å². The summed E-state index contributed by atoms with van der Waals surface area (Å²) in [7, 11) is -3.73. The van der Waals surface area contributed by atoms with Gasteiger partial charge in [0, 0.05) is 50.5 Å². The maximum absolute atomic E-state index is 13.7. The van der Waals surface area contributed by atoms with Crippen molar-refractivity contribution in [2.75, 3.05) is 45.0 Å². The molecule has 1 amide bonds. The van der Waals surface area contributed by atoms with Crippen LogP contribution in [0.5, 0.6) is 0 Å². The molecule has 0 unspecified atom stereocenters. The highest BCUT2D eigenvalue weighted by atomic mass is 35.5. The Labute approximate surface area is 244 Å². The molecule has 0 atom stereocenters. The zero-order chi connectivity index (χ0) is 27.8. The number of nitrogens with two attached hydrogens (primary N) is 1. The zero-order valence-corrected chi connectivity index (χ0v) is 24.7. The molecule has 4 rings (SSSR count). The Morgan fingerprint density at radius 1 is 0.850 bits per heavy atom. The summed E-state index contributed by atoms with van der Waals surface area (Å²) in [6.07, 6.45) is 1.49. The van der Waals surface area contributed by atoms with Crippen molar-refractivity contribution in [2.24, 2.45) is 0 Å². The average molecular weight is 583 g/mol. The number of nitrogens with zero attached hydrogens (tertiary/aromatic N) is 3. The van der Waals surface area contributed by atoms with Crippen molar-refractivity contribution in [1.82, 2.24) is 14.1 Å². The Balaban J connectivity index is 0.00000441. The minimum Gasteiger partial charge on any atom is -0.399 e. The smallest absolute Gasteiger partial charge is 0.254 e. The molecule has 0 saturated carbocycles. The lowest BCUT2D eigenvalue weighted by atomic mass is 10.1. The molecule has 1 fully saturated rings. The molecule has 0 aromatic heterocycles. The number of carbonyl (C=O) groups excluding carboxylic acids is 1. The molecular weight excluding hydrogens is 544 g/mol. The third-order valence-electron chi connectivity index (χ3n) is 6.95. The van der Waals surface area contributed by atoms with Gasteiger partial charge in [0.25, 0.3) is 5.91 Å². The molecule has 7 nitrogen and oxygen atoms in total. The minimum atomic E-state index is -3.73. The SMILES string of the molecule is C=C1CN(C(=O)c2ccc(N)cc2)CCCN(Cc2ccccc2)CCCN(S(=O)(=O)c2ccc(C)cc2)C1.Cl. The number of hydrogen-bond donors (Lipinski definition) is 1. The number of aryl methyl sites for hydroxylation is 1. The number of carbonyl (C=O) groups is 1. The summed E-state index contributed by atoms with van der Waals surface area (Å²) < 4.78 is 28.9. The normalized spacial score (nSPS) is 16.4. The van der Waals surface area contributed by atoms with Crippen LogP contribution in [0, 0.1) is 6.92 Å². The maximum Gasteiger partial charge on any atom is 0.254 e. The van der Waals surface area contributed by atoms with E-state index >= 15 is 0 Å². The van der Waals surface area contributed by atoms with Crippen LogP contribution in [-0.4, -0.2) is 67.7 Å². The van der Waals surface area contributed by atoms with Crippen LogP contribution in [-0.2, 0) is 16.6 Å². The topological polar surface area (TPSA) is 86.9 Å². The second kappa shape index (κ2) is 14.5. The van der Waals surface area contributed by atoms with Crippen molar-refractivity contribution in [2.45, 2.75) is 31.2 Å². The number of rotatable bonds is 5. The standard InChI is InChI=1S/C31H38N4O3S.ClH/c1-25-10-16-30(17-11-25)39(37,38)35-21-7-19-33(24-27-8-4-3-5-9-27)18-6-20-34(22-26(2)23-35)31(36)28-12-14-29(32)15-13-28;/h3-5,8-17H,2,6-7,18-24,32H2,1H3;1H. The van der Waals surface area contributed by atoms with E-state index in [9.17, 15) is 13.2 Å². The number of amides is 1. The molecule has 2 N–H and O–H groups in total. The van der Waals surface area contributed by atoms with Crippen molar-refractivity contribution in [3.8, 4) is 0 Å². The average Bonchev–Trinajstić information content (AvgIpc) is 2.92. The lowest BCUT2D eigenvalue weighted by Gasteiger charge is -2.31. The van der Waals surface area contributed by atoms with E-state index in [4.69, 9.17) is 5.73 Å². The predicted octanol–water partition coefficient (Wildman–Crippen LogP) is 4.98. The fraction of sp³-hybridized carbons (Fsp3) is 0.323. The van der Waals surface area contributed by atoms with E-state index < -0.39 is 10.0 Å². The van der Waals surface area contributed by atoms with Crippen LogP contribution in [0.15, 0.2) is 95.9 Å². The van der Waals surface area contributed by atoms with Crippen LogP contribution in [0.3, 0.4) is 0 Å². The van der Waals surface area contributed by atoms with E-state index in [-0.39, 0.29) is 36.3 Å². The second-order valence-electron chi connectivity index (χ2n) is 10.2. The van der Waals surface area contributed by atoms with Gasteiger partial charge < -0.3 is 10.6 Å². The fourth-order valence-electron chi connectivity index (χ4n) is 4.84. The Morgan fingerprint density at radius 2 is 1.48 bits per heavy atom. The highest BCUT2D eigenvalue weighted by Crippen LogP contribution is 2.20.